The first kappa shape index (κ1) is 14.6. The molecule has 1 amide bonds. The molecule has 8 heteroatoms. The molecule has 0 aliphatic carbocycles. The highest BCUT2D eigenvalue weighted by Crippen LogP contribution is 2.27. The second kappa shape index (κ2) is 5.45. The van der Waals surface area contributed by atoms with Gasteiger partial charge in [0, 0.05) is 4.47 Å². The highest BCUT2D eigenvalue weighted by atomic mass is 79.9. The van der Waals surface area contributed by atoms with Crippen LogP contribution in [0.4, 0.5) is 19.0 Å². The first-order valence-corrected chi connectivity index (χ1v) is 6.76. The number of nitrogens with zero attached hydrogens (tertiary/aromatic N) is 1. The second-order valence-electron chi connectivity index (χ2n) is 4.35. The molecule has 1 N–H and O–H groups in total. The van der Waals surface area contributed by atoms with E-state index in [1.807, 2.05) is 0 Å². The van der Waals surface area contributed by atoms with Crippen molar-refractivity contribution in [2.45, 2.75) is 0 Å². The minimum absolute atomic E-state index is 0.0467. The molecule has 0 saturated heterocycles. The molecule has 0 aliphatic heterocycles. The number of carbonyl (C=O) groups excluding carboxylic acids is 1. The van der Waals surface area contributed by atoms with Gasteiger partial charge in [0.1, 0.15) is 0 Å². The summed E-state index contributed by atoms with van der Waals surface area (Å²) < 4.78 is 45.4. The molecule has 0 unspecified atom stereocenters. The lowest BCUT2D eigenvalue weighted by molar-refractivity contribution is 0.102. The average molecular weight is 371 g/mol. The maximum atomic E-state index is 13.6. The zero-order valence-electron chi connectivity index (χ0n) is 10.7. The van der Waals surface area contributed by atoms with Gasteiger partial charge in [-0.2, -0.15) is 0 Å². The molecular weight excluding hydrogens is 365 g/mol. The Kier molecular flexibility index (Phi) is 3.61. The number of hydrogen-bond donors (Lipinski definition) is 1. The number of benzene rings is 2. The van der Waals surface area contributed by atoms with Gasteiger partial charge in [0.25, 0.3) is 5.91 Å². The lowest BCUT2D eigenvalue weighted by atomic mass is 10.2. The minimum Gasteiger partial charge on any atom is -0.354 e. The van der Waals surface area contributed by atoms with Crippen LogP contribution in [0.3, 0.4) is 0 Å². The van der Waals surface area contributed by atoms with Crippen molar-refractivity contribution in [3.63, 3.8) is 0 Å². The summed E-state index contributed by atoms with van der Waals surface area (Å²) in [6.45, 7) is 0. The SMILES string of the molecule is O=C(Nc1noc2ccc(Br)cc12)c1ccc(F)c(F)c1F. The lowest BCUT2D eigenvalue weighted by Crippen LogP contribution is -2.15. The van der Waals surface area contributed by atoms with Crippen molar-refractivity contribution < 1.29 is 22.5 Å². The van der Waals surface area contributed by atoms with Gasteiger partial charge in [-0.15, -0.1) is 0 Å². The van der Waals surface area contributed by atoms with Gasteiger partial charge in [0.2, 0.25) is 0 Å². The molecule has 2 aromatic carbocycles. The molecule has 0 fully saturated rings. The topological polar surface area (TPSA) is 55.1 Å². The van der Waals surface area contributed by atoms with E-state index in [1.54, 1.807) is 18.2 Å². The van der Waals surface area contributed by atoms with E-state index in [-0.39, 0.29) is 5.82 Å². The van der Waals surface area contributed by atoms with Gasteiger partial charge >= 0.3 is 0 Å². The van der Waals surface area contributed by atoms with Crippen LogP contribution in [0.15, 0.2) is 39.3 Å². The van der Waals surface area contributed by atoms with Crippen LogP contribution in [0.25, 0.3) is 11.0 Å². The average Bonchev–Trinajstić information content (AvgIpc) is 2.87. The first-order valence-electron chi connectivity index (χ1n) is 5.97. The van der Waals surface area contributed by atoms with Gasteiger partial charge in [-0.1, -0.05) is 21.1 Å². The fourth-order valence-electron chi connectivity index (χ4n) is 1.88. The maximum Gasteiger partial charge on any atom is 0.260 e. The van der Waals surface area contributed by atoms with Crippen molar-refractivity contribution >= 4 is 38.6 Å². The van der Waals surface area contributed by atoms with E-state index >= 15 is 0 Å². The number of halogens is 4. The number of anilines is 1. The van der Waals surface area contributed by atoms with Gasteiger partial charge in [0.15, 0.2) is 28.9 Å². The quantitative estimate of drug-likeness (QED) is 0.685. The largest absolute Gasteiger partial charge is 0.354 e. The lowest BCUT2D eigenvalue weighted by Gasteiger charge is -2.04. The van der Waals surface area contributed by atoms with Crippen LogP contribution < -0.4 is 5.32 Å². The summed E-state index contributed by atoms with van der Waals surface area (Å²) in [6.07, 6.45) is 0. The van der Waals surface area contributed by atoms with Gasteiger partial charge in [-0.05, 0) is 30.3 Å². The summed E-state index contributed by atoms with van der Waals surface area (Å²) in [5.74, 6) is -5.56. The molecule has 1 aromatic heterocycles. The highest BCUT2D eigenvalue weighted by Gasteiger charge is 2.20. The number of hydrogen-bond acceptors (Lipinski definition) is 3. The number of amides is 1. The minimum atomic E-state index is -1.71. The maximum absolute atomic E-state index is 13.6. The summed E-state index contributed by atoms with van der Waals surface area (Å²) in [5.41, 5.74) is -0.227. The van der Waals surface area contributed by atoms with Gasteiger partial charge in [-0.25, -0.2) is 13.2 Å². The van der Waals surface area contributed by atoms with Crippen LogP contribution in [0.2, 0.25) is 0 Å². The van der Waals surface area contributed by atoms with Crippen molar-refractivity contribution in [2.24, 2.45) is 0 Å². The van der Waals surface area contributed by atoms with Crippen LogP contribution in [-0.4, -0.2) is 11.1 Å². The Balaban J connectivity index is 1.97. The van der Waals surface area contributed by atoms with Crippen LogP contribution >= 0.6 is 15.9 Å². The molecule has 4 nitrogen and oxygen atoms in total. The van der Waals surface area contributed by atoms with E-state index in [1.165, 1.54) is 0 Å². The van der Waals surface area contributed by atoms with Gasteiger partial charge < -0.3 is 9.84 Å². The summed E-state index contributed by atoms with van der Waals surface area (Å²) in [5, 5.41) is 6.43. The first-order chi connectivity index (χ1) is 10.5. The molecule has 0 bridgehead atoms. The molecule has 3 rings (SSSR count). The Morgan fingerprint density at radius 2 is 1.91 bits per heavy atom. The summed E-state index contributed by atoms with van der Waals surface area (Å²) in [7, 11) is 0. The van der Waals surface area contributed by atoms with Gasteiger partial charge in [0.05, 0.1) is 10.9 Å². The number of rotatable bonds is 2. The number of nitrogens with one attached hydrogen (secondary N) is 1. The Bertz CT molecular complexity index is 895. The zero-order valence-corrected chi connectivity index (χ0v) is 12.2. The van der Waals surface area contributed by atoms with E-state index < -0.39 is 28.9 Å². The normalized spacial score (nSPS) is 10.9. The third-order valence-electron chi connectivity index (χ3n) is 2.94. The predicted molar refractivity (Wildman–Crippen MR) is 76.0 cm³/mol. The fraction of sp³-hybridized carbons (Fsp3) is 0. The molecule has 0 atom stereocenters. The zero-order chi connectivity index (χ0) is 15.9. The predicted octanol–water partition coefficient (Wildman–Crippen LogP) is 4.26. The Hall–Kier alpha value is -2.35. The van der Waals surface area contributed by atoms with E-state index in [9.17, 15) is 18.0 Å². The third-order valence-corrected chi connectivity index (χ3v) is 3.44. The molecular formula is C14H6BrF3N2O2. The Labute approximate surface area is 130 Å². The van der Waals surface area contributed by atoms with E-state index in [4.69, 9.17) is 4.52 Å². The highest BCUT2D eigenvalue weighted by molar-refractivity contribution is 9.10. The smallest absolute Gasteiger partial charge is 0.260 e. The van der Waals surface area contributed by atoms with Crippen molar-refractivity contribution in [3.05, 3.63) is 57.8 Å². The Morgan fingerprint density at radius 1 is 1.14 bits per heavy atom. The van der Waals surface area contributed by atoms with Crippen LogP contribution in [0, 0.1) is 17.5 Å². The third kappa shape index (κ3) is 2.45. The van der Waals surface area contributed by atoms with E-state index in [2.05, 4.69) is 26.4 Å². The molecule has 0 radical (unpaired) electrons. The number of aromatic nitrogens is 1. The monoisotopic (exact) mass is 370 g/mol. The van der Waals surface area contributed by atoms with Crippen LogP contribution in [0.1, 0.15) is 10.4 Å². The van der Waals surface area contributed by atoms with Crippen LogP contribution in [0.5, 0.6) is 0 Å². The second-order valence-corrected chi connectivity index (χ2v) is 5.26. The molecule has 112 valence electrons. The van der Waals surface area contributed by atoms with E-state index in [0.717, 1.165) is 10.5 Å². The summed E-state index contributed by atoms with van der Waals surface area (Å²) >= 11 is 3.26. The summed E-state index contributed by atoms with van der Waals surface area (Å²) in [6, 6.07) is 6.50. The molecule has 22 heavy (non-hydrogen) atoms. The molecule has 1 heterocycles. The Morgan fingerprint density at radius 3 is 2.68 bits per heavy atom. The standard InChI is InChI=1S/C14H6BrF3N2O2/c15-6-1-4-10-8(5-6)13(20-22-10)19-14(21)7-2-3-9(16)12(18)11(7)17/h1-5H,(H,19,20,21). The van der Waals surface area contributed by atoms with Crippen molar-refractivity contribution in [3.8, 4) is 0 Å². The molecule has 0 aliphatic rings. The van der Waals surface area contributed by atoms with Crippen LogP contribution in [-0.2, 0) is 0 Å². The number of carbonyl (C=O) groups is 1. The summed E-state index contributed by atoms with van der Waals surface area (Å²) in [4.78, 5) is 12.0. The van der Waals surface area contributed by atoms with Crippen molar-refractivity contribution in [2.75, 3.05) is 5.32 Å². The fourth-order valence-corrected chi connectivity index (χ4v) is 2.24. The molecule has 0 spiro atoms. The molecule has 3 aromatic rings. The van der Waals surface area contributed by atoms with Crippen molar-refractivity contribution in [1.82, 2.24) is 5.16 Å². The van der Waals surface area contributed by atoms with Gasteiger partial charge in [-0.3, -0.25) is 4.79 Å². The van der Waals surface area contributed by atoms with Crippen molar-refractivity contribution in [1.29, 1.82) is 0 Å². The number of fused-ring (bicyclic) bond motifs is 1. The molecule has 0 saturated carbocycles. The van der Waals surface area contributed by atoms with E-state index in [0.29, 0.717) is 17.0 Å².